The lowest BCUT2D eigenvalue weighted by atomic mass is 9.82. The van der Waals surface area contributed by atoms with Gasteiger partial charge in [0.05, 0.1) is 0 Å². The van der Waals surface area contributed by atoms with Gasteiger partial charge >= 0.3 is 0 Å². The van der Waals surface area contributed by atoms with E-state index in [0.717, 1.165) is 19.3 Å². The Hall–Kier alpha value is -1.35. The maximum atomic E-state index is 12.2. The molecule has 0 saturated heterocycles. The van der Waals surface area contributed by atoms with E-state index in [9.17, 15) is 4.79 Å². The van der Waals surface area contributed by atoms with Crippen LogP contribution in [-0.4, -0.2) is 18.5 Å². The molecule has 2 unspecified atom stereocenters. The van der Waals surface area contributed by atoms with Crippen molar-refractivity contribution in [1.82, 2.24) is 5.32 Å². The molecule has 3 nitrogen and oxygen atoms in total. The summed E-state index contributed by atoms with van der Waals surface area (Å²) in [6.07, 6.45) is 6.37. The lowest BCUT2D eigenvalue weighted by Gasteiger charge is -2.25. The second-order valence-corrected chi connectivity index (χ2v) is 6.33. The van der Waals surface area contributed by atoms with Gasteiger partial charge in [0.2, 0.25) is 5.91 Å². The van der Waals surface area contributed by atoms with E-state index >= 15 is 0 Å². The number of amides is 1. The molecule has 3 rings (SSSR count). The molecule has 3 N–H and O–H groups in total. The van der Waals surface area contributed by atoms with E-state index in [-0.39, 0.29) is 11.9 Å². The Bertz CT molecular complexity index is 482. The first-order valence-corrected chi connectivity index (χ1v) is 7.82. The number of hydrogen-bond donors (Lipinski definition) is 2. The molecule has 0 radical (unpaired) electrons. The number of benzene rings is 1. The van der Waals surface area contributed by atoms with Crippen molar-refractivity contribution in [2.24, 2.45) is 17.6 Å². The first-order chi connectivity index (χ1) is 9.76. The molecule has 0 spiro atoms. The number of carbonyl (C=O) groups is 1. The first kappa shape index (κ1) is 13.6. The van der Waals surface area contributed by atoms with Crippen LogP contribution in [0.25, 0.3) is 0 Å². The Labute approximate surface area is 120 Å². The number of nitrogens with one attached hydrogen (secondary N) is 1. The van der Waals surface area contributed by atoms with Crippen molar-refractivity contribution >= 4 is 5.91 Å². The van der Waals surface area contributed by atoms with Crippen molar-refractivity contribution in [3.05, 3.63) is 35.4 Å². The van der Waals surface area contributed by atoms with Gasteiger partial charge in [-0.2, -0.15) is 0 Å². The molecule has 1 aromatic rings. The molecule has 108 valence electrons. The van der Waals surface area contributed by atoms with Gasteiger partial charge in [-0.25, -0.2) is 0 Å². The molecular formula is C17H24N2O. The Morgan fingerprint density at radius 2 is 2.00 bits per heavy atom. The number of carbonyl (C=O) groups excluding carboxylic acids is 1. The highest BCUT2D eigenvalue weighted by atomic mass is 16.1. The minimum absolute atomic E-state index is 0.191. The van der Waals surface area contributed by atoms with Crippen LogP contribution < -0.4 is 11.1 Å². The van der Waals surface area contributed by atoms with E-state index in [1.54, 1.807) is 0 Å². The molecule has 1 amide bonds. The minimum atomic E-state index is 0.191. The summed E-state index contributed by atoms with van der Waals surface area (Å²) in [6.45, 7) is 0.573. The van der Waals surface area contributed by atoms with Crippen molar-refractivity contribution in [3.8, 4) is 0 Å². The minimum Gasteiger partial charge on any atom is -0.352 e. The highest BCUT2D eigenvalue weighted by Gasteiger charge is 2.31. The van der Waals surface area contributed by atoms with Crippen LogP contribution in [0.5, 0.6) is 0 Å². The average Bonchev–Trinajstić information content (AvgIpc) is 3.29. The molecule has 2 aliphatic rings. The second-order valence-electron chi connectivity index (χ2n) is 6.33. The summed E-state index contributed by atoms with van der Waals surface area (Å²) in [6, 6.07) is 8.82. The second kappa shape index (κ2) is 5.96. The Balaban J connectivity index is 1.52. The molecule has 1 saturated carbocycles. The topological polar surface area (TPSA) is 55.1 Å². The molecule has 0 bridgehead atoms. The van der Waals surface area contributed by atoms with Gasteiger partial charge in [0.15, 0.2) is 0 Å². The van der Waals surface area contributed by atoms with E-state index in [1.807, 2.05) is 0 Å². The van der Waals surface area contributed by atoms with E-state index in [4.69, 9.17) is 5.73 Å². The summed E-state index contributed by atoms with van der Waals surface area (Å²) in [5, 5.41) is 3.14. The molecule has 3 heteroatoms. The summed E-state index contributed by atoms with van der Waals surface area (Å²) in [5.74, 6) is 1.32. The van der Waals surface area contributed by atoms with Crippen LogP contribution in [0.3, 0.4) is 0 Å². The van der Waals surface area contributed by atoms with Gasteiger partial charge in [-0.15, -0.1) is 0 Å². The zero-order chi connectivity index (χ0) is 13.9. The quantitative estimate of drug-likeness (QED) is 0.862. The molecule has 0 heterocycles. The SMILES string of the molecule is NCC(NC(=O)CC1CCc2ccccc2C1)C1CC1. The molecule has 20 heavy (non-hydrogen) atoms. The number of aryl methyl sites for hydroxylation is 1. The van der Waals surface area contributed by atoms with E-state index in [2.05, 4.69) is 29.6 Å². The van der Waals surface area contributed by atoms with E-state index < -0.39 is 0 Å². The van der Waals surface area contributed by atoms with Crippen LogP contribution in [0.15, 0.2) is 24.3 Å². The lowest BCUT2D eigenvalue weighted by Crippen LogP contribution is -2.42. The monoisotopic (exact) mass is 272 g/mol. The maximum absolute atomic E-state index is 12.2. The van der Waals surface area contributed by atoms with E-state index in [1.165, 1.54) is 24.0 Å². The highest BCUT2D eigenvalue weighted by molar-refractivity contribution is 5.76. The van der Waals surface area contributed by atoms with E-state index in [0.29, 0.717) is 24.8 Å². The first-order valence-electron chi connectivity index (χ1n) is 7.82. The molecule has 0 aliphatic heterocycles. The fourth-order valence-corrected chi connectivity index (χ4v) is 3.34. The fourth-order valence-electron chi connectivity index (χ4n) is 3.34. The van der Waals surface area contributed by atoms with Crippen molar-refractivity contribution in [2.75, 3.05) is 6.54 Å². The van der Waals surface area contributed by atoms with Crippen LogP contribution in [0, 0.1) is 11.8 Å². The van der Waals surface area contributed by atoms with Crippen LogP contribution in [0.4, 0.5) is 0 Å². The molecule has 2 aliphatic carbocycles. The number of fused-ring (bicyclic) bond motifs is 1. The Morgan fingerprint density at radius 1 is 1.25 bits per heavy atom. The van der Waals surface area contributed by atoms with Crippen LogP contribution in [-0.2, 0) is 17.6 Å². The van der Waals surface area contributed by atoms with Crippen molar-refractivity contribution in [1.29, 1.82) is 0 Å². The number of nitrogens with two attached hydrogens (primary N) is 1. The van der Waals surface area contributed by atoms with Crippen LogP contribution >= 0.6 is 0 Å². The van der Waals surface area contributed by atoms with Crippen molar-refractivity contribution < 1.29 is 4.79 Å². The van der Waals surface area contributed by atoms with Gasteiger partial charge in [-0.3, -0.25) is 4.79 Å². The third-order valence-corrected chi connectivity index (χ3v) is 4.71. The Morgan fingerprint density at radius 3 is 2.70 bits per heavy atom. The third kappa shape index (κ3) is 3.21. The molecule has 2 atom stereocenters. The van der Waals surface area contributed by atoms with Gasteiger partial charge in [0, 0.05) is 19.0 Å². The third-order valence-electron chi connectivity index (χ3n) is 4.71. The summed E-state index contributed by atoms with van der Waals surface area (Å²) >= 11 is 0. The normalized spacial score (nSPS) is 22.9. The predicted molar refractivity (Wildman–Crippen MR) is 80.3 cm³/mol. The molecule has 0 aromatic heterocycles. The maximum Gasteiger partial charge on any atom is 0.220 e. The highest BCUT2D eigenvalue weighted by Crippen LogP contribution is 2.32. The fraction of sp³-hybridized carbons (Fsp3) is 0.588. The molecule has 1 aromatic carbocycles. The van der Waals surface area contributed by atoms with Crippen LogP contribution in [0.2, 0.25) is 0 Å². The van der Waals surface area contributed by atoms with Gasteiger partial charge in [-0.1, -0.05) is 24.3 Å². The largest absolute Gasteiger partial charge is 0.352 e. The number of hydrogen-bond acceptors (Lipinski definition) is 2. The number of rotatable bonds is 5. The zero-order valence-electron chi connectivity index (χ0n) is 12.0. The van der Waals surface area contributed by atoms with Gasteiger partial charge in [0.1, 0.15) is 0 Å². The standard InChI is InChI=1S/C17H24N2O/c18-11-16(14-7-8-14)19-17(20)10-12-5-6-13-3-1-2-4-15(13)9-12/h1-4,12,14,16H,5-11,18H2,(H,19,20). The molecule has 1 fully saturated rings. The smallest absolute Gasteiger partial charge is 0.220 e. The lowest BCUT2D eigenvalue weighted by molar-refractivity contribution is -0.122. The zero-order valence-corrected chi connectivity index (χ0v) is 12.0. The summed E-state index contributed by atoms with van der Waals surface area (Å²) in [5.41, 5.74) is 8.63. The predicted octanol–water partition coefficient (Wildman–Crippen LogP) is 2.04. The van der Waals surface area contributed by atoms with Gasteiger partial charge < -0.3 is 11.1 Å². The molecular weight excluding hydrogens is 248 g/mol. The van der Waals surface area contributed by atoms with Gasteiger partial charge in [0.25, 0.3) is 0 Å². The average molecular weight is 272 g/mol. The van der Waals surface area contributed by atoms with Crippen molar-refractivity contribution in [2.45, 2.75) is 44.6 Å². The van der Waals surface area contributed by atoms with Crippen molar-refractivity contribution in [3.63, 3.8) is 0 Å². The summed E-state index contributed by atoms with van der Waals surface area (Å²) in [7, 11) is 0. The summed E-state index contributed by atoms with van der Waals surface area (Å²) in [4.78, 5) is 12.2. The Kier molecular flexibility index (Phi) is 4.06. The van der Waals surface area contributed by atoms with Gasteiger partial charge in [-0.05, 0) is 55.1 Å². The van der Waals surface area contributed by atoms with Crippen LogP contribution in [0.1, 0.15) is 36.8 Å². The summed E-state index contributed by atoms with van der Waals surface area (Å²) < 4.78 is 0.